The molecule has 3 aromatic rings. The second-order valence-corrected chi connectivity index (χ2v) is 6.55. The number of hydrogen-bond acceptors (Lipinski definition) is 7. The van der Waals surface area contributed by atoms with E-state index in [4.69, 9.17) is 13.9 Å². The Hall–Kier alpha value is -3.52. The van der Waals surface area contributed by atoms with E-state index in [0.717, 1.165) is 18.4 Å². The number of benzene rings is 1. The maximum Gasteiger partial charge on any atom is 0.342 e. The van der Waals surface area contributed by atoms with Gasteiger partial charge in [0.05, 0.1) is 12.9 Å². The highest BCUT2D eigenvalue weighted by atomic mass is 16.5. The first-order valence-electron chi connectivity index (χ1n) is 9.32. The van der Waals surface area contributed by atoms with E-state index in [0.29, 0.717) is 33.9 Å². The van der Waals surface area contributed by atoms with E-state index >= 15 is 0 Å². The zero-order valence-electron chi connectivity index (χ0n) is 16.1. The van der Waals surface area contributed by atoms with Gasteiger partial charge < -0.3 is 18.5 Å². The van der Waals surface area contributed by atoms with Crippen molar-refractivity contribution in [2.75, 3.05) is 12.1 Å². The van der Waals surface area contributed by atoms with Gasteiger partial charge in [-0.3, -0.25) is 5.21 Å². The van der Waals surface area contributed by atoms with Crippen LogP contribution in [0.1, 0.15) is 35.9 Å². The van der Waals surface area contributed by atoms with Crippen molar-refractivity contribution in [3.8, 4) is 11.6 Å². The standard InChI is InChI=1S/C21H21N3O5/c1-3-27-21(25)17-15-11-14(28-20-19(23-26)22-12-24(20)2)9-10-16(15)29-18(17)13-7-5-4-6-8-13/h5,7-12,23,26H,3-4,6H2,1-2H3. The number of hydrogen-bond donors (Lipinski definition) is 2. The zero-order valence-corrected chi connectivity index (χ0v) is 16.1. The number of aryl methyl sites for hydroxylation is 1. The lowest BCUT2D eigenvalue weighted by Gasteiger charge is -2.08. The number of ether oxygens (including phenoxy) is 2. The van der Waals surface area contributed by atoms with Crippen LogP contribution < -0.4 is 10.2 Å². The molecule has 2 heterocycles. The van der Waals surface area contributed by atoms with Crippen molar-refractivity contribution >= 4 is 28.3 Å². The molecule has 0 bridgehead atoms. The second kappa shape index (κ2) is 7.84. The van der Waals surface area contributed by atoms with Crippen LogP contribution in [-0.2, 0) is 11.8 Å². The highest BCUT2D eigenvalue weighted by molar-refractivity contribution is 6.08. The molecule has 0 atom stereocenters. The number of nitrogens with one attached hydrogen (secondary N) is 1. The van der Waals surface area contributed by atoms with Crippen LogP contribution in [0.3, 0.4) is 0 Å². The number of nitrogens with zero attached hydrogens (tertiary/aromatic N) is 2. The van der Waals surface area contributed by atoms with Crippen molar-refractivity contribution in [3.05, 3.63) is 54.1 Å². The van der Waals surface area contributed by atoms with Gasteiger partial charge in [-0.2, -0.15) is 0 Å². The fraction of sp³-hybridized carbons (Fsp3) is 0.238. The first-order valence-corrected chi connectivity index (χ1v) is 9.32. The smallest absolute Gasteiger partial charge is 0.342 e. The molecule has 8 heteroatoms. The van der Waals surface area contributed by atoms with E-state index in [1.807, 2.05) is 17.6 Å². The summed E-state index contributed by atoms with van der Waals surface area (Å²) in [7, 11) is 1.74. The summed E-state index contributed by atoms with van der Waals surface area (Å²) in [6, 6.07) is 5.19. The number of carbonyl (C=O) groups is 1. The molecule has 0 fully saturated rings. The normalized spacial score (nSPS) is 13.4. The lowest BCUT2D eigenvalue weighted by atomic mass is 10.0. The Labute approximate surface area is 167 Å². The van der Waals surface area contributed by atoms with Crippen molar-refractivity contribution in [1.29, 1.82) is 0 Å². The Balaban J connectivity index is 1.81. The van der Waals surface area contributed by atoms with Crippen LogP contribution in [0, 0.1) is 0 Å². The van der Waals surface area contributed by atoms with E-state index in [9.17, 15) is 10.0 Å². The third-order valence-electron chi connectivity index (χ3n) is 4.60. The first kappa shape index (κ1) is 18.8. The summed E-state index contributed by atoms with van der Waals surface area (Å²) in [4.78, 5) is 16.7. The number of fused-ring (bicyclic) bond motifs is 1. The largest absolute Gasteiger partial charge is 0.462 e. The minimum absolute atomic E-state index is 0.184. The van der Waals surface area contributed by atoms with E-state index in [2.05, 4.69) is 11.1 Å². The van der Waals surface area contributed by atoms with Crippen LogP contribution in [-0.4, -0.2) is 27.3 Å². The Bertz CT molecular complexity index is 1120. The molecule has 2 N–H and O–H groups in total. The number of esters is 1. The van der Waals surface area contributed by atoms with E-state index in [1.165, 1.54) is 6.33 Å². The molecule has 2 aromatic heterocycles. The Morgan fingerprint density at radius 1 is 1.38 bits per heavy atom. The maximum atomic E-state index is 12.7. The van der Waals surface area contributed by atoms with E-state index < -0.39 is 5.97 Å². The van der Waals surface area contributed by atoms with Gasteiger partial charge in [0.15, 0.2) is 0 Å². The third-order valence-corrected chi connectivity index (χ3v) is 4.60. The van der Waals surface area contributed by atoms with Gasteiger partial charge in [0.2, 0.25) is 11.7 Å². The number of anilines is 1. The van der Waals surface area contributed by atoms with Gasteiger partial charge in [-0.25, -0.2) is 15.3 Å². The number of carbonyl (C=O) groups excluding carboxylic acids is 1. The van der Waals surface area contributed by atoms with Gasteiger partial charge in [-0.1, -0.05) is 18.2 Å². The molecule has 29 heavy (non-hydrogen) atoms. The molecule has 0 saturated carbocycles. The molecule has 0 amide bonds. The topological polar surface area (TPSA) is 98.8 Å². The van der Waals surface area contributed by atoms with Crippen LogP contribution in [0.25, 0.3) is 16.5 Å². The SMILES string of the molecule is CCOC(=O)c1c(C2=CCCC=C2)oc2ccc(Oc3c(NO)ncn3C)cc12. The number of aromatic nitrogens is 2. The minimum atomic E-state index is -0.448. The molecule has 4 rings (SSSR count). The van der Waals surface area contributed by atoms with Gasteiger partial charge in [-0.15, -0.1) is 0 Å². The highest BCUT2D eigenvalue weighted by Gasteiger charge is 2.25. The van der Waals surface area contributed by atoms with Crippen LogP contribution in [0.4, 0.5) is 5.82 Å². The van der Waals surface area contributed by atoms with Crippen molar-refractivity contribution < 1.29 is 23.9 Å². The molecule has 0 unspecified atom stereocenters. The molecule has 1 aromatic carbocycles. The summed E-state index contributed by atoms with van der Waals surface area (Å²) in [6.45, 7) is 2.02. The predicted molar refractivity (Wildman–Crippen MR) is 107 cm³/mol. The van der Waals surface area contributed by atoms with Crippen molar-refractivity contribution in [1.82, 2.24) is 9.55 Å². The highest BCUT2D eigenvalue weighted by Crippen LogP contribution is 2.37. The van der Waals surface area contributed by atoms with Gasteiger partial charge >= 0.3 is 5.97 Å². The summed E-state index contributed by atoms with van der Waals surface area (Å²) in [6.07, 6.45) is 9.41. The van der Waals surface area contributed by atoms with Crippen molar-refractivity contribution in [2.24, 2.45) is 7.05 Å². The monoisotopic (exact) mass is 395 g/mol. The molecule has 8 nitrogen and oxygen atoms in total. The van der Waals surface area contributed by atoms with Crippen LogP contribution in [0.5, 0.6) is 11.6 Å². The summed E-state index contributed by atoms with van der Waals surface area (Å²) >= 11 is 0. The van der Waals surface area contributed by atoms with E-state index in [1.54, 1.807) is 36.7 Å². The lowest BCUT2D eigenvalue weighted by Crippen LogP contribution is -2.06. The fourth-order valence-electron chi connectivity index (χ4n) is 3.26. The molecule has 0 saturated heterocycles. The third kappa shape index (κ3) is 3.50. The van der Waals surface area contributed by atoms with Crippen molar-refractivity contribution in [2.45, 2.75) is 19.8 Å². The quantitative estimate of drug-likeness (QED) is 0.462. The molecular formula is C21H21N3O5. The average Bonchev–Trinajstić information content (AvgIpc) is 3.29. The number of allylic oxidation sites excluding steroid dienone is 4. The maximum absolute atomic E-state index is 12.7. The number of rotatable bonds is 6. The lowest BCUT2D eigenvalue weighted by molar-refractivity contribution is 0.0527. The minimum Gasteiger partial charge on any atom is -0.462 e. The molecular weight excluding hydrogens is 374 g/mol. The molecule has 1 aliphatic rings. The molecule has 0 aliphatic heterocycles. The Morgan fingerprint density at radius 2 is 2.24 bits per heavy atom. The summed E-state index contributed by atoms with van der Waals surface area (Å²) in [5.41, 5.74) is 3.79. The van der Waals surface area contributed by atoms with E-state index in [-0.39, 0.29) is 12.4 Å². The number of imidazole rings is 1. The summed E-state index contributed by atoms with van der Waals surface area (Å²) < 4.78 is 18.8. The van der Waals surface area contributed by atoms with Crippen LogP contribution in [0.15, 0.2) is 47.2 Å². The Morgan fingerprint density at radius 3 is 2.97 bits per heavy atom. The van der Waals surface area contributed by atoms with Crippen molar-refractivity contribution in [3.63, 3.8) is 0 Å². The molecule has 1 aliphatic carbocycles. The van der Waals surface area contributed by atoms with Crippen LogP contribution >= 0.6 is 0 Å². The fourth-order valence-corrected chi connectivity index (χ4v) is 3.26. The molecule has 0 spiro atoms. The molecule has 0 radical (unpaired) electrons. The summed E-state index contributed by atoms with van der Waals surface area (Å²) in [5, 5.41) is 9.80. The van der Waals surface area contributed by atoms with Gasteiger partial charge in [0.1, 0.15) is 22.7 Å². The Kier molecular flexibility index (Phi) is 5.09. The second-order valence-electron chi connectivity index (χ2n) is 6.55. The predicted octanol–water partition coefficient (Wildman–Crippen LogP) is 4.67. The number of furan rings is 1. The average molecular weight is 395 g/mol. The van der Waals surface area contributed by atoms with Gasteiger partial charge in [0.25, 0.3) is 0 Å². The van der Waals surface area contributed by atoms with Crippen LogP contribution in [0.2, 0.25) is 0 Å². The van der Waals surface area contributed by atoms with Gasteiger partial charge in [-0.05, 0) is 38.0 Å². The molecule has 150 valence electrons. The zero-order chi connectivity index (χ0) is 20.4. The first-order chi connectivity index (χ1) is 14.1. The summed E-state index contributed by atoms with van der Waals surface area (Å²) in [5.74, 6) is 1.01. The van der Waals surface area contributed by atoms with Gasteiger partial charge in [0, 0.05) is 18.0 Å².